The standard InChI is InChI=1S/C11H15N5/c1-6-8-15-16-11(13-5)10(12-4)9(3)14-7-2/h6-8H,1,3,5H2,2,4H3/b12-10?,14-7?,15-8-,16-11-. The van der Waals surface area contributed by atoms with E-state index in [-0.39, 0.29) is 5.84 Å². The molecule has 0 aliphatic carbocycles. The van der Waals surface area contributed by atoms with E-state index in [9.17, 15) is 0 Å². The lowest BCUT2D eigenvalue weighted by molar-refractivity contribution is 1.24. The summed E-state index contributed by atoms with van der Waals surface area (Å²) < 4.78 is 0. The van der Waals surface area contributed by atoms with Gasteiger partial charge in [-0.2, -0.15) is 5.10 Å². The first-order chi connectivity index (χ1) is 7.71. The average Bonchev–Trinajstić information content (AvgIpc) is 2.28. The molecule has 0 aromatic heterocycles. The number of hydrogen-bond acceptors (Lipinski definition) is 4. The summed E-state index contributed by atoms with van der Waals surface area (Å²) >= 11 is 0. The Hall–Kier alpha value is -2.17. The molecule has 0 saturated carbocycles. The molecule has 0 aliphatic rings. The Morgan fingerprint density at radius 1 is 1.31 bits per heavy atom. The maximum Gasteiger partial charge on any atom is 0.201 e. The van der Waals surface area contributed by atoms with Crippen molar-refractivity contribution in [2.75, 3.05) is 7.05 Å². The van der Waals surface area contributed by atoms with Gasteiger partial charge in [-0.1, -0.05) is 13.2 Å². The summed E-state index contributed by atoms with van der Waals surface area (Å²) in [6.07, 6.45) is 4.55. The van der Waals surface area contributed by atoms with Crippen LogP contribution in [-0.2, 0) is 0 Å². The van der Waals surface area contributed by atoms with Crippen molar-refractivity contribution in [1.82, 2.24) is 0 Å². The van der Waals surface area contributed by atoms with Crippen molar-refractivity contribution in [2.45, 2.75) is 6.92 Å². The van der Waals surface area contributed by atoms with E-state index in [4.69, 9.17) is 0 Å². The Labute approximate surface area is 95.5 Å². The topological polar surface area (TPSA) is 61.8 Å². The van der Waals surface area contributed by atoms with E-state index < -0.39 is 0 Å². The highest BCUT2D eigenvalue weighted by Gasteiger charge is 2.09. The zero-order valence-corrected chi connectivity index (χ0v) is 9.59. The molecule has 0 aromatic rings. The van der Waals surface area contributed by atoms with Crippen LogP contribution in [0.15, 0.2) is 50.1 Å². The van der Waals surface area contributed by atoms with Crippen molar-refractivity contribution < 1.29 is 0 Å². The predicted molar refractivity (Wildman–Crippen MR) is 72.3 cm³/mol. The smallest absolute Gasteiger partial charge is 0.201 e. The summed E-state index contributed by atoms with van der Waals surface area (Å²) in [5.41, 5.74) is 0.916. The molecule has 0 aromatic carbocycles. The number of hydrogen-bond donors (Lipinski definition) is 0. The SMILES string of the molecule is C=C/C=N\N=C(/N=C)C(=NC)C(=C)N=CC. The molecule has 0 N–H and O–H groups in total. The number of aliphatic imine (C=N–C) groups is 3. The first kappa shape index (κ1) is 13.8. The Morgan fingerprint density at radius 3 is 2.44 bits per heavy atom. The van der Waals surface area contributed by atoms with Crippen molar-refractivity contribution >= 4 is 30.7 Å². The Balaban J connectivity index is 5.13. The molecule has 0 heterocycles. The van der Waals surface area contributed by atoms with Crippen LogP contribution in [0.2, 0.25) is 0 Å². The minimum absolute atomic E-state index is 0.274. The van der Waals surface area contributed by atoms with Crippen LogP contribution in [0.4, 0.5) is 0 Å². The van der Waals surface area contributed by atoms with E-state index >= 15 is 0 Å². The quantitative estimate of drug-likeness (QED) is 0.384. The van der Waals surface area contributed by atoms with Crippen molar-refractivity contribution in [1.29, 1.82) is 0 Å². The molecule has 0 aliphatic heterocycles. The van der Waals surface area contributed by atoms with Gasteiger partial charge < -0.3 is 0 Å². The summed E-state index contributed by atoms with van der Waals surface area (Å²) in [7, 11) is 1.60. The second kappa shape index (κ2) is 8.16. The predicted octanol–water partition coefficient (Wildman–Crippen LogP) is 1.93. The highest BCUT2D eigenvalue weighted by Crippen LogP contribution is 2.01. The molecule has 0 amide bonds. The van der Waals surface area contributed by atoms with E-state index in [1.54, 1.807) is 20.2 Å². The fourth-order valence-corrected chi connectivity index (χ4v) is 0.864. The fraction of sp³-hybridized carbons (Fsp3) is 0.182. The largest absolute Gasteiger partial charge is 0.283 e. The highest BCUT2D eigenvalue weighted by molar-refractivity contribution is 6.48. The van der Waals surface area contributed by atoms with Crippen molar-refractivity contribution in [2.24, 2.45) is 25.2 Å². The van der Waals surface area contributed by atoms with E-state index in [0.717, 1.165) is 0 Å². The Morgan fingerprint density at radius 2 is 2.00 bits per heavy atom. The van der Waals surface area contributed by atoms with Crippen LogP contribution in [0.25, 0.3) is 0 Å². The first-order valence-corrected chi connectivity index (χ1v) is 4.55. The van der Waals surface area contributed by atoms with Gasteiger partial charge in [0.05, 0.1) is 5.70 Å². The van der Waals surface area contributed by atoms with E-state index in [1.165, 1.54) is 12.3 Å². The minimum atomic E-state index is 0.274. The van der Waals surface area contributed by atoms with E-state index in [2.05, 4.69) is 45.1 Å². The third-order valence-corrected chi connectivity index (χ3v) is 1.47. The number of rotatable bonds is 5. The van der Waals surface area contributed by atoms with Crippen molar-refractivity contribution in [3.8, 4) is 0 Å². The van der Waals surface area contributed by atoms with Crippen molar-refractivity contribution in [3.05, 3.63) is 24.9 Å². The molecule has 5 heteroatoms. The molecule has 0 atom stereocenters. The lowest BCUT2D eigenvalue weighted by Crippen LogP contribution is -2.13. The minimum Gasteiger partial charge on any atom is -0.283 e. The van der Waals surface area contributed by atoms with Gasteiger partial charge in [0.25, 0.3) is 0 Å². The van der Waals surface area contributed by atoms with Gasteiger partial charge in [-0.15, -0.1) is 5.10 Å². The van der Waals surface area contributed by atoms with Gasteiger partial charge in [-0.3, -0.25) is 9.98 Å². The Kier molecular flexibility index (Phi) is 7.06. The first-order valence-electron chi connectivity index (χ1n) is 4.55. The summed E-state index contributed by atoms with van der Waals surface area (Å²) in [6.45, 7) is 12.4. The Bertz CT molecular complexity index is 385. The monoisotopic (exact) mass is 217 g/mol. The lowest BCUT2D eigenvalue weighted by atomic mass is 10.3. The third kappa shape index (κ3) is 4.36. The van der Waals surface area contributed by atoms with Gasteiger partial charge >= 0.3 is 0 Å². The van der Waals surface area contributed by atoms with Gasteiger partial charge in [0, 0.05) is 19.5 Å². The van der Waals surface area contributed by atoms with Crippen LogP contribution < -0.4 is 0 Å². The molecule has 5 nitrogen and oxygen atoms in total. The van der Waals surface area contributed by atoms with Crippen molar-refractivity contribution in [3.63, 3.8) is 0 Å². The van der Waals surface area contributed by atoms with Gasteiger partial charge in [-0.25, -0.2) is 4.99 Å². The zero-order valence-electron chi connectivity index (χ0n) is 9.59. The molecule has 0 rings (SSSR count). The summed E-state index contributed by atoms with van der Waals surface area (Å²) in [4.78, 5) is 11.7. The fourth-order valence-electron chi connectivity index (χ4n) is 0.864. The van der Waals surface area contributed by atoms with Gasteiger partial charge in [0.2, 0.25) is 5.84 Å². The van der Waals surface area contributed by atoms with Gasteiger partial charge in [-0.05, 0) is 19.7 Å². The maximum absolute atomic E-state index is 4.00. The lowest BCUT2D eigenvalue weighted by Gasteiger charge is -2.01. The molecule has 0 saturated heterocycles. The molecule has 0 fully saturated rings. The summed E-state index contributed by atoms with van der Waals surface area (Å²) in [5, 5.41) is 7.54. The second-order valence-corrected chi connectivity index (χ2v) is 2.49. The maximum atomic E-state index is 4.00. The van der Waals surface area contributed by atoms with Gasteiger partial charge in [0.15, 0.2) is 0 Å². The number of allylic oxidation sites excluding steroid dienone is 1. The van der Waals surface area contributed by atoms with Crippen LogP contribution in [0.1, 0.15) is 6.92 Å². The third-order valence-electron chi connectivity index (χ3n) is 1.47. The molecule has 16 heavy (non-hydrogen) atoms. The van der Waals surface area contributed by atoms with Crippen LogP contribution in [0.5, 0.6) is 0 Å². The molecule has 0 bridgehead atoms. The second-order valence-electron chi connectivity index (χ2n) is 2.49. The number of nitrogens with zero attached hydrogens (tertiary/aromatic N) is 5. The highest BCUT2D eigenvalue weighted by atomic mass is 15.2. The molecule has 0 unspecified atom stereocenters. The average molecular weight is 217 g/mol. The number of amidine groups is 1. The van der Waals surface area contributed by atoms with Crippen LogP contribution in [0, 0.1) is 0 Å². The summed E-state index contributed by atoms with van der Waals surface area (Å²) in [6, 6.07) is 0. The van der Waals surface area contributed by atoms with Crippen LogP contribution in [0.3, 0.4) is 0 Å². The molecular weight excluding hydrogens is 202 g/mol. The van der Waals surface area contributed by atoms with E-state index in [0.29, 0.717) is 11.4 Å². The van der Waals surface area contributed by atoms with Crippen LogP contribution in [-0.4, -0.2) is 37.7 Å². The normalized spacial score (nSPS) is 13.4. The molecular formula is C11H15N5. The zero-order chi connectivity index (χ0) is 12.4. The molecule has 0 spiro atoms. The molecule has 84 valence electrons. The molecule has 0 radical (unpaired) electrons. The summed E-state index contributed by atoms with van der Waals surface area (Å²) in [5.74, 6) is 0.274. The van der Waals surface area contributed by atoms with Crippen LogP contribution >= 0.6 is 0 Å². The van der Waals surface area contributed by atoms with E-state index in [1.807, 2.05) is 0 Å². The van der Waals surface area contributed by atoms with Gasteiger partial charge in [0.1, 0.15) is 5.71 Å².